The number of allylic oxidation sites excluding steroid dienone is 4. The van der Waals surface area contributed by atoms with Gasteiger partial charge in [-0.3, -0.25) is 0 Å². The minimum absolute atomic E-state index is 0.147. The van der Waals surface area contributed by atoms with E-state index in [2.05, 4.69) is 19.1 Å². The van der Waals surface area contributed by atoms with Crippen LogP contribution in [0.3, 0.4) is 0 Å². The van der Waals surface area contributed by atoms with Crippen LogP contribution in [0.2, 0.25) is 0 Å². The highest BCUT2D eigenvalue weighted by atomic mass is 16.5. The molecule has 0 aromatic heterocycles. The molecule has 2 aliphatic carbocycles. The Bertz CT molecular complexity index is 365. The van der Waals surface area contributed by atoms with Gasteiger partial charge in [-0.05, 0) is 44.4 Å². The van der Waals surface area contributed by atoms with Crippen LogP contribution in [-0.4, -0.2) is 13.2 Å². The highest BCUT2D eigenvalue weighted by Gasteiger charge is 2.56. The van der Waals surface area contributed by atoms with Gasteiger partial charge in [0, 0.05) is 5.41 Å². The van der Waals surface area contributed by atoms with Gasteiger partial charge in [-0.15, -0.1) is 0 Å². The summed E-state index contributed by atoms with van der Waals surface area (Å²) in [6, 6.07) is 0. The molecule has 0 aliphatic heterocycles. The summed E-state index contributed by atoms with van der Waals surface area (Å²) in [7, 11) is 0. The molecule has 0 radical (unpaired) electrons. The Morgan fingerprint density at radius 1 is 1.10 bits per heavy atom. The van der Waals surface area contributed by atoms with Gasteiger partial charge in [-0.25, -0.2) is 0 Å². The van der Waals surface area contributed by atoms with Crippen molar-refractivity contribution < 1.29 is 9.47 Å². The fourth-order valence-corrected chi connectivity index (χ4v) is 4.03. The zero-order valence-corrected chi connectivity index (χ0v) is 13.0. The molecule has 2 aliphatic rings. The number of rotatable bonds is 8. The summed E-state index contributed by atoms with van der Waals surface area (Å²) >= 11 is 0. The Morgan fingerprint density at radius 3 is 2.30 bits per heavy atom. The Hall–Kier alpha value is -1.18. The van der Waals surface area contributed by atoms with Gasteiger partial charge >= 0.3 is 0 Å². The second-order valence-electron chi connectivity index (χ2n) is 6.08. The van der Waals surface area contributed by atoms with Gasteiger partial charge in [0.2, 0.25) is 0 Å². The lowest BCUT2D eigenvalue weighted by Gasteiger charge is -2.41. The highest BCUT2D eigenvalue weighted by Crippen LogP contribution is 2.58. The second kappa shape index (κ2) is 7.01. The van der Waals surface area contributed by atoms with E-state index < -0.39 is 0 Å². The number of hydrogen-bond donors (Lipinski definition) is 0. The summed E-state index contributed by atoms with van der Waals surface area (Å²) < 4.78 is 11.6. The van der Waals surface area contributed by atoms with Crippen LogP contribution >= 0.6 is 0 Å². The first-order valence-corrected chi connectivity index (χ1v) is 7.92. The third-order valence-electron chi connectivity index (χ3n) is 4.88. The largest absolute Gasteiger partial charge is 0.501 e. The molecule has 1 saturated carbocycles. The van der Waals surface area contributed by atoms with Crippen molar-refractivity contribution in [3.05, 3.63) is 36.8 Å². The molecule has 2 rings (SSSR count). The predicted molar refractivity (Wildman–Crippen MR) is 83.1 cm³/mol. The van der Waals surface area contributed by atoms with E-state index in [1.165, 1.54) is 19.3 Å². The molecule has 0 aromatic carbocycles. The van der Waals surface area contributed by atoms with Crippen LogP contribution in [0, 0.1) is 23.2 Å². The molecule has 0 saturated heterocycles. The van der Waals surface area contributed by atoms with Gasteiger partial charge in [0.25, 0.3) is 0 Å². The Kier molecular flexibility index (Phi) is 5.33. The van der Waals surface area contributed by atoms with Crippen molar-refractivity contribution in [1.82, 2.24) is 0 Å². The van der Waals surface area contributed by atoms with Gasteiger partial charge in [-0.1, -0.05) is 37.6 Å². The van der Waals surface area contributed by atoms with Gasteiger partial charge in [-0.2, -0.15) is 0 Å². The van der Waals surface area contributed by atoms with Crippen molar-refractivity contribution in [2.45, 2.75) is 40.0 Å². The van der Waals surface area contributed by atoms with Crippen LogP contribution in [0.5, 0.6) is 0 Å². The zero-order valence-electron chi connectivity index (χ0n) is 13.0. The molecule has 2 heteroatoms. The van der Waals surface area contributed by atoms with Gasteiger partial charge in [0.05, 0.1) is 25.7 Å². The SMILES string of the molecule is CC=COCC1(COC=CC)C2C=CC(C2)C1CCC. The van der Waals surface area contributed by atoms with E-state index in [1.807, 2.05) is 38.5 Å². The first kappa shape index (κ1) is 15.2. The summed E-state index contributed by atoms with van der Waals surface area (Å²) in [6.45, 7) is 7.80. The third-order valence-corrected chi connectivity index (χ3v) is 4.88. The fourth-order valence-electron chi connectivity index (χ4n) is 4.03. The van der Waals surface area contributed by atoms with Crippen molar-refractivity contribution in [1.29, 1.82) is 0 Å². The molecule has 2 nitrogen and oxygen atoms in total. The molecule has 0 spiro atoms. The molecule has 3 unspecified atom stereocenters. The highest BCUT2D eigenvalue weighted by molar-refractivity contribution is 5.19. The van der Waals surface area contributed by atoms with E-state index in [9.17, 15) is 0 Å². The lowest BCUT2D eigenvalue weighted by Crippen LogP contribution is -2.42. The minimum Gasteiger partial charge on any atom is -0.501 e. The molecule has 112 valence electrons. The first-order chi connectivity index (χ1) is 9.78. The maximum Gasteiger partial charge on any atom is 0.0970 e. The lowest BCUT2D eigenvalue weighted by molar-refractivity contribution is -0.0212. The van der Waals surface area contributed by atoms with Crippen LogP contribution in [-0.2, 0) is 9.47 Å². The summed E-state index contributed by atoms with van der Waals surface area (Å²) in [6.07, 6.45) is 16.1. The summed E-state index contributed by atoms with van der Waals surface area (Å²) in [5, 5.41) is 0. The molecule has 20 heavy (non-hydrogen) atoms. The van der Waals surface area contributed by atoms with Crippen molar-refractivity contribution in [2.24, 2.45) is 23.2 Å². The van der Waals surface area contributed by atoms with Crippen LogP contribution in [0.15, 0.2) is 36.8 Å². The van der Waals surface area contributed by atoms with Crippen LogP contribution in [0.25, 0.3) is 0 Å². The van der Waals surface area contributed by atoms with E-state index in [4.69, 9.17) is 9.47 Å². The summed E-state index contributed by atoms with van der Waals surface area (Å²) in [4.78, 5) is 0. The predicted octanol–water partition coefficient (Wildman–Crippen LogP) is 4.70. The van der Waals surface area contributed by atoms with Gasteiger partial charge in [0.1, 0.15) is 0 Å². The van der Waals surface area contributed by atoms with Crippen molar-refractivity contribution in [3.63, 3.8) is 0 Å². The van der Waals surface area contributed by atoms with Crippen molar-refractivity contribution in [3.8, 4) is 0 Å². The summed E-state index contributed by atoms with van der Waals surface area (Å²) in [5.74, 6) is 2.03. The molecule has 0 heterocycles. The van der Waals surface area contributed by atoms with Crippen molar-refractivity contribution in [2.75, 3.05) is 13.2 Å². The summed E-state index contributed by atoms with van der Waals surface area (Å²) in [5.41, 5.74) is 0.147. The average Bonchev–Trinajstić information content (AvgIpc) is 3.02. The normalized spacial score (nSPS) is 35.5. The molecule has 0 amide bonds. The minimum atomic E-state index is 0.147. The Balaban J connectivity index is 2.16. The standard InChI is InChI=1S/C18H28O2/c1-4-7-17-15-8-9-16(12-15)18(17,13-19-10-5-2)14-20-11-6-3/h5-6,8-11,15-17H,4,7,12-14H2,1-3H3. The van der Waals surface area contributed by atoms with E-state index in [-0.39, 0.29) is 5.41 Å². The molecule has 3 atom stereocenters. The number of fused-ring (bicyclic) bond motifs is 2. The number of hydrogen-bond acceptors (Lipinski definition) is 2. The van der Waals surface area contributed by atoms with Crippen molar-refractivity contribution >= 4 is 0 Å². The second-order valence-corrected chi connectivity index (χ2v) is 6.08. The quantitative estimate of drug-likeness (QED) is 0.473. The number of ether oxygens (including phenoxy) is 2. The topological polar surface area (TPSA) is 18.5 Å². The van der Waals surface area contributed by atoms with E-state index in [1.54, 1.807) is 0 Å². The maximum atomic E-state index is 5.81. The Labute approximate surface area is 123 Å². The molecular formula is C18H28O2. The zero-order chi connectivity index (χ0) is 14.4. The van der Waals surface area contributed by atoms with Gasteiger partial charge in [0.15, 0.2) is 0 Å². The van der Waals surface area contributed by atoms with Crippen LogP contribution < -0.4 is 0 Å². The van der Waals surface area contributed by atoms with E-state index >= 15 is 0 Å². The van der Waals surface area contributed by atoms with E-state index in [0.29, 0.717) is 11.8 Å². The average molecular weight is 276 g/mol. The van der Waals surface area contributed by atoms with Crippen LogP contribution in [0.1, 0.15) is 40.0 Å². The third kappa shape index (κ3) is 2.79. The maximum absolute atomic E-state index is 5.81. The molecule has 0 aromatic rings. The molecule has 0 N–H and O–H groups in total. The molecular weight excluding hydrogens is 248 g/mol. The molecule has 2 bridgehead atoms. The lowest BCUT2D eigenvalue weighted by atomic mass is 9.68. The van der Waals surface area contributed by atoms with Crippen LogP contribution in [0.4, 0.5) is 0 Å². The fraction of sp³-hybridized carbons (Fsp3) is 0.667. The smallest absolute Gasteiger partial charge is 0.0970 e. The Morgan fingerprint density at radius 2 is 1.75 bits per heavy atom. The monoisotopic (exact) mass is 276 g/mol. The van der Waals surface area contributed by atoms with Gasteiger partial charge < -0.3 is 9.47 Å². The van der Waals surface area contributed by atoms with E-state index in [0.717, 1.165) is 19.1 Å². The molecule has 1 fully saturated rings. The first-order valence-electron chi connectivity index (χ1n) is 7.92.